The van der Waals surface area contributed by atoms with E-state index in [-0.39, 0.29) is 127 Å². The van der Waals surface area contributed by atoms with Crippen molar-refractivity contribution in [2.24, 2.45) is 0 Å². The van der Waals surface area contributed by atoms with Crippen LogP contribution in [0.5, 0.6) is 34.5 Å². The van der Waals surface area contributed by atoms with Gasteiger partial charge in [0.25, 0.3) is 0 Å². The van der Waals surface area contributed by atoms with E-state index in [1.165, 1.54) is 109 Å². The molecule has 10 N–H and O–H groups in total. The minimum absolute atomic E-state index is 0. The maximum Gasteiger partial charge on any atom is 3.00 e. The number of nitrogens with zero attached hydrogens (tertiary/aromatic N) is 8. The molecule has 30 heteroatoms. The van der Waals surface area contributed by atoms with Gasteiger partial charge in [0, 0.05) is 49.6 Å². The molecule has 0 unspecified atom stereocenters. The fourth-order valence-electron chi connectivity index (χ4n) is 8.87. The third-order valence-electron chi connectivity index (χ3n) is 14.1. The van der Waals surface area contributed by atoms with Gasteiger partial charge < -0.3 is 101 Å². The van der Waals surface area contributed by atoms with Gasteiger partial charge in [0.05, 0.1) is 81.4 Å². The van der Waals surface area contributed by atoms with Crippen molar-refractivity contribution in [3.63, 3.8) is 0 Å². The Kier molecular flexibility index (Phi) is 55.5. The average Bonchev–Trinajstić information content (AvgIpc) is 0.888. The first-order valence-electron chi connectivity index (χ1n) is 35.3. The third-order valence-corrected chi connectivity index (χ3v) is 14.1. The number of pyridine rings is 8. The van der Waals surface area contributed by atoms with E-state index >= 15 is 0 Å². The van der Waals surface area contributed by atoms with Gasteiger partial charge in [0.15, 0.2) is 0 Å². The largest absolute Gasteiger partial charge is 3.00 e. The van der Waals surface area contributed by atoms with Gasteiger partial charge in [-0.15, -0.1) is 0 Å². The molecular weight excluding hydrogens is 1850 g/mol. The van der Waals surface area contributed by atoms with Crippen LogP contribution in [-0.4, -0.2) is 117 Å². The summed E-state index contributed by atoms with van der Waals surface area (Å²) < 4.78 is 0. The number of carbonyl (C=O) groups is 6. The van der Waals surface area contributed by atoms with Gasteiger partial charge in [-0.2, -0.15) is 0 Å². The first kappa shape index (κ1) is 107. The van der Waals surface area contributed by atoms with Crippen molar-refractivity contribution in [3.05, 3.63) is 411 Å². The van der Waals surface area contributed by atoms with Gasteiger partial charge in [0.2, 0.25) is 0 Å². The molecule has 2 radical (unpaired) electrons. The summed E-state index contributed by atoms with van der Waals surface area (Å²) in [7, 11) is 0. The number of hydrogen-bond donors (Lipinski definition) is 6. The van der Waals surface area contributed by atoms with Gasteiger partial charge >= 0.3 is 81.7 Å². The number of hydrogen-bond acceptors (Lipinski definition) is 26. The average molecular weight is 1930 g/mol. The van der Waals surface area contributed by atoms with E-state index in [0.717, 1.165) is 82.0 Å². The molecule has 0 aliphatic heterocycles. The van der Waals surface area contributed by atoms with E-state index in [1.54, 1.807) is 122 Å². The first-order valence-corrected chi connectivity index (χ1v) is 35.3. The van der Waals surface area contributed by atoms with Crippen molar-refractivity contribution < 1.29 is 183 Å². The summed E-state index contributed by atoms with van der Waals surface area (Å²) in [5.74, 6) is -6.87. The minimum Gasteiger partial charge on any atom is -0.545 e. The summed E-state index contributed by atoms with van der Waals surface area (Å²) in [5.41, 5.74) is 11.1. The van der Waals surface area contributed by atoms with Crippen LogP contribution in [0.25, 0.3) is 82.0 Å². The minimum atomic E-state index is -1.25. The van der Waals surface area contributed by atoms with Crippen LogP contribution in [0.1, 0.15) is 33.4 Å². The molecule has 0 amide bonds. The Balaban J connectivity index is 0.000000686. The molecule has 14 aromatic rings. The van der Waals surface area contributed by atoms with Crippen molar-refractivity contribution in [2.75, 3.05) is 0 Å². The zero-order valence-corrected chi connectivity index (χ0v) is 71.8. The normalized spacial score (nSPS) is 9.74. The van der Waals surface area contributed by atoms with E-state index < -0.39 is 35.8 Å². The van der Waals surface area contributed by atoms with Gasteiger partial charge in [-0.3, -0.25) is 39.9 Å². The number of phenols is 6. The zero-order valence-electron chi connectivity index (χ0n) is 65.4. The molecular formula is C94H78N8Nd2O20. The summed E-state index contributed by atoms with van der Waals surface area (Å²) >= 11 is 0. The number of aromatic hydroxyl groups is 6. The fraction of sp³-hybridized carbons (Fsp3) is 0. The molecule has 124 heavy (non-hydrogen) atoms. The van der Waals surface area contributed by atoms with Gasteiger partial charge in [0.1, 0.15) is 34.5 Å². The van der Waals surface area contributed by atoms with E-state index in [2.05, 4.69) is 39.9 Å². The molecule has 0 aliphatic carbocycles. The smallest absolute Gasteiger partial charge is 0.545 e. The standard InChI is InChI=1S/4C10H8N2.6C9H8O3.2Nd.2H2O/c4*1-3-7-11-9(5-1)10-6-2-4-8-12-10;6*10-8-3-1-2-7(6-8)4-5-9(11)12;;;;/h4*1-8H;6*1-6,10H,(H,11,12);;;2*1H2/q;;;;;;;;;;2*+3;;/p-6/b;;;;6*5-4+;;;;. The Labute approximate surface area is 778 Å². The molecule has 14 rings (SSSR count). The Morgan fingerprint density at radius 1 is 0.194 bits per heavy atom. The molecule has 6 aromatic carbocycles. The number of phenolic OH excluding ortho intramolecular Hbond substituents is 6. The van der Waals surface area contributed by atoms with Gasteiger partial charge in [-0.25, -0.2) is 0 Å². The number of aromatic nitrogens is 8. The summed E-state index contributed by atoms with van der Waals surface area (Å²) in [6.07, 6.45) is 27.7. The Morgan fingerprint density at radius 3 is 0.403 bits per heavy atom. The van der Waals surface area contributed by atoms with E-state index in [1.807, 2.05) is 146 Å². The quantitative estimate of drug-likeness (QED) is 0.0501. The van der Waals surface area contributed by atoms with Crippen LogP contribution < -0.4 is 30.6 Å². The second-order valence-electron chi connectivity index (χ2n) is 23.2. The Bertz CT molecular complexity index is 4650. The van der Waals surface area contributed by atoms with Crippen molar-refractivity contribution in [3.8, 4) is 80.0 Å². The Morgan fingerprint density at radius 2 is 0.315 bits per heavy atom. The fourth-order valence-corrected chi connectivity index (χ4v) is 8.87. The number of benzene rings is 6. The Hall–Kier alpha value is -14.8. The van der Waals surface area contributed by atoms with Crippen LogP contribution in [0.2, 0.25) is 0 Å². The van der Waals surface area contributed by atoms with Crippen LogP contribution in [0.4, 0.5) is 0 Å². The van der Waals surface area contributed by atoms with E-state index in [4.69, 9.17) is 30.6 Å². The van der Waals surface area contributed by atoms with Crippen LogP contribution in [0.15, 0.2) is 377 Å². The topological polar surface area (TPSA) is 528 Å². The summed E-state index contributed by atoms with van der Waals surface area (Å²) in [4.78, 5) is 93.5. The molecule has 0 saturated carbocycles. The number of aliphatic carboxylic acids is 6. The maximum absolute atomic E-state index is 10.00. The third kappa shape index (κ3) is 50.2. The van der Waals surface area contributed by atoms with Gasteiger partial charge in [-0.1, -0.05) is 158 Å². The van der Waals surface area contributed by atoms with Crippen LogP contribution in [-0.2, 0) is 28.8 Å². The summed E-state index contributed by atoms with van der Waals surface area (Å²) in [6.45, 7) is 0. The van der Waals surface area contributed by atoms with Gasteiger partial charge in [-0.05, 0) is 240 Å². The molecule has 8 heterocycles. The number of carbonyl (C=O) groups excluding carboxylic acids is 6. The van der Waals surface area contributed by atoms with Crippen LogP contribution in [0.3, 0.4) is 0 Å². The summed E-state index contributed by atoms with van der Waals surface area (Å²) in [5, 5.41) is 114. The van der Waals surface area contributed by atoms with E-state index in [9.17, 15) is 59.4 Å². The molecule has 8 aromatic heterocycles. The predicted octanol–water partition coefficient (Wildman–Crippen LogP) is 7.86. The predicted molar refractivity (Wildman–Crippen MR) is 450 cm³/mol. The van der Waals surface area contributed by atoms with Crippen molar-refractivity contribution >= 4 is 72.3 Å². The second kappa shape index (κ2) is 64.2. The molecule has 622 valence electrons. The molecule has 28 nitrogen and oxygen atoms in total. The van der Waals surface area contributed by atoms with Crippen LogP contribution >= 0.6 is 0 Å². The SMILES string of the molecule is O.O.O=C([O-])/C=C/c1cccc(O)c1.O=C([O-])/C=C/c1cccc(O)c1.O=C([O-])/C=C/c1cccc(O)c1.O=C([O-])/C=C/c1cccc(O)c1.O=C([O-])/C=C/c1cccc(O)c1.O=C([O-])/C=C/c1cccc(O)c1.[Nd+3].[Nd+3].c1ccc(-c2ccccn2)nc1.c1ccc(-c2ccccn2)nc1.c1ccc(-c2ccccn2)nc1.c1ccc(-c2ccccn2)nc1. The van der Waals surface area contributed by atoms with Crippen LogP contribution in [0, 0.1) is 81.7 Å². The molecule has 0 atom stereocenters. The zero-order chi connectivity index (χ0) is 86.8. The monoisotopic (exact) mass is 1920 g/mol. The number of carboxylic acid groups (broad SMARTS) is 6. The van der Waals surface area contributed by atoms with E-state index in [0.29, 0.717) is 33.4 Å². The maximum atomic E-state index is 10.00. The first-order chi connectivity index (χ1) is 58.0. The molecule has 0 aliphatic rings. The molecule has 0 bridgehead atoms. The number of carboxylic acids is 6. The molecule has 0 saturated heterocycles. The van der Waals surface area contributed by atoms with Crippen molar-refractivity contribution in [2.45, 2.75) is 0 Å². The second-order valence-corrected chi connectivity index (χ2v) is 23.2. The number of rotatable bonds is 16. The van der Waals surface area contributed by atoms with Crippen molar-refractivity contribution in [1.29, 1.82) is 0 Å². The summed E-state index contributed by atoms with van der Waals surface area (Å²) in [6, 6.07) is 84.0. The molecule has 0 spiro atoms. The molecule has 0 fully saturated rings. The van der Waals surface area contributed by atoms with Crippen molar-refractivity contribution in [1.82, 2.24) is 39.9 Å².